The third kappa shape index (κ3) is 2.90. The van der Waals surface area contributed by atoms with E-state index in [9.17, 15) is 0 Å². The highest BCUT2D eigenvalue weighted by Crippen LogP contribution is 2.29. The molecule has 7 heteroatoms. The van der Waals surface area contributed by atoms with Crippen molar-refractivity contribution in [3.63, 3.8) is 0 Å². The largest absolute Gasteiger partial charge is 0.355 e. The van der Waals surface area contributed by atoms with Gasteiger partial charge in [0, 0.05) is 63.1 Å². The summed E-state index contributed by atoms with van der Waals surface area (Å²) in [6, 6.07) is 0.705. The first-order valence-electron chi connectivity index (χ1n) is 9.71. The van der Waals surface area contributed by atoms with Gasteiger partial charge in [-0.1, -0.05) is 0 Å². The molecule has 0 N–H and O–H groups in total. The van der Waals surface area contributed by atoms with Crippen LogP contribution < -0.4 is 9.80 Å². The molecular weight excluding hydrogens is 326 g/mol. The average molecular weight is 351 g/mol. The van der Waals surface area contributed by atoms with Crippen LogP contribution in [0.5, 0.6) is 0 Å². The van der Waals surface area contributed by atoms with Crippen molar-refractivity contribution in [2.75, 3.05) is 49.1 Å². The van der Waals surface area contributed by atoms with Gasteiger partial charge in [0.25, 0.3) is 0 Å². The summed E-state index contributed by atoms with van der Waals surface area (Å²) in [4.78, 5) is 25.5. The highest BCUT2D eigenvalue weighted by molar-refractivity contribution is 5.51. The zero-order chi connectivity index (χ0) is 17.3. The number of hydrogen-bond donors (Lipinski definition) is 0. The first-order chi connectivity index (χ1) is 12.9. The summed E-state index contributed by atoms with van der Waals surface area (Å²) in [5, 5.41) is 0. The molecule has 2 fully saturated rings. The smallest absolute Gasteiger partial charge is 0.147 e. The molecular formula is C19H25N7. The summed E-state index contributed by atoms with van der Waals surface area (Å²) >= 11 is 0. The first-order valence-corrected chi connectivity index (χ1v) is 9.71. The Labute approximate surface area is 154 Å². The molecule has 0 unspecified atom stereocenters. The lowest BCUT2D eigenvalue weighted by atomic mass is 10.1. The van der Waals surface area contributed by atoms with E-state index in [4.69, 9.17) is 4.98 Å². The zero-order valence-corrected chi connectivity index (χ0v) is 15.1. The molecule has 136 valence electrons. The molecule has 2 saturated heterocycles. The summed E-state index contributed by atoms with van der Waals surface area (Å²) in [5.41, 5.74) is 2.54. The monoisotopic (exact) mass is 351 g/mol. The topological polar surface area (TPSA) is 61.3 Å². The molecule has 5 heterocycles. The maximum atomic E-state index is 4.72. The van der Waals surface area contributed by atoms with Crippen LogP contribution in [0.1, 0.15) is 24.1 Å². The van der Waals surface area contributed by atoms with Crippen molar-refractivity contribution in [1.82, 2.24) is 24.8 Å². The Kier molecular flexibility index (Phi) is 4.16. The van der Waals surface area contributed by atoms with E-state index < -0.39 is 0 Å². The highest BCUT2D eigenvalue weighted by Gasteiger charge is 2.32. The van der Waals surface area contributed by atoms with Crippen LogP contribution in [0.15, 0.2) is 24.9 Å². The molecule has 1 atom stereocenters. The molecule has 0 aliphatic carbocycles. The van der Waals surface area contributed by atoms with Crippen LogP contribution in [-0.4, -0.2) is 70.1 Å². The lowest BCUT2D eigenvalue weighted by Gasteiger charge is -2.39. The summed E-state index contributed by atoms with van der Waals surface area (Å²) in [5.74, 6) is 2.12. The predicted molar refractivity (Wildman–Crippen MR) is 100 cm³/mol. The average Bonchev–Trinajstić information content (AvgIpc) is 3.06. The van der Waals surface area contributed by atoms with Crippen LogP contribution in [0.25, 0.3) is 0 Å². The fraction of sp³-hybridized carbons (Fsp3) is 0.579. The van der Waals surface area contributed by atoms with Gasteiger partial charge in [0.05, 0.1) is 11.9 Å². The molecule has 0 aromatic carbocycles. The molecule has 7 nitrogen and oxygen atoms in total. The lowest BCUT2D eigenvalue weighted by Crippen LogP contribution is -2.50. The molecule has 26 heavy (non-hydrogen) atoms. The summed E-state index contributed by atoms with van der Waals surface area (Å²) < 4.78 is 0. The third-order valence-electron chi connectivity index (χ3n) is 6.02. The van der Waals surface area contributed by atoms with Crippen molar-refractivity contribution in [3.8, 4) is 0 Å². The quantitative estimate of drug-likeness (QED) is 0.804. The maximum absolute atomic E-state index is 4.72. The minimum Gasteiger partial charge on any atom is -0.355 e. The van der Waals surface area contributed by atoms with E-state index in [1.807, 2.05) is 6.20 Å². The summed E-state index contributed by atoms with van der Waals surface area (Å²) in [6.07, 6.45) is 11.7. The van der Waals surface area contributed by atoms with Crippen LogP contribution in [0, 0.1) is 0 Å². The number of rotatable bonds is 2. The predicted octanol–water partition coefficient (Wildman–Crippen LogP) is 1.16. The molecule has 2 aromatic heterocycles. The van der Waals surface area contributed by atoms with E-state index in [1.54, 1.807) is 18.7 Å². The Morgan fingerprint density at radius 2 is 1.85 bits per heavy atom. The van der Waals surface area contributed by atoms with Gasteiger partial charge >= 0.3 is 0 Å². The maximum Gasteiger partial charge on any atom is 0.147 e. The van der Waals surface area contributed by atoms with Crippen molar-refractivity contribution in [1.29, 1.82) is 0 Å². The SMILES string of the molecule is c1cnc(N2CCc3ncnc(N4CCN5CCC[C@H]5C4)c3CC2)cn1. The lowest BCUT2D eigenvalue weighted by molar-refractivity contribution is 0.230. The Bertz CT molecular complexity index is 766. The van der Waals surface area contributed by atoms with Crippen molar-refractivity contribution in [2.24, 2.45) is 0 Å². The summed E-state index contributed by atoms with van der Waals surface area (Å²) in [7, 11) is 0. The van der Waals surface area contributed by atoms with Gasteiger partial charge in [0.15, 0.2) is 0 Å². The second-order valence-corrected chi connectivity index (χ2v) is 7.45. The Morgan fingerprint density at radius 1 is 0.885 bits per heavy atom. The Morgan fingerprint density at radius 3 is 2.77 bits per heavy atom. The van der Waals surface area contributed by atoms with Crippen molar-refractivity contribution >= 4 is 11.6 Å². The number of aromatic nitrogens is 4. The van der Waals surface area contributed by atoms with E-state index in [0.29, 0.717) is 6.04 Å². The molecule has 2 aromatic rings. The van der Waals surface area contributed by atoms with Gasteiger partial charge in [-0.05, 0) is 25.8 Å². The number of fused-ring (bicyclic) bond motifs is 2. The van der Waals surface area contributed by atoms with E-state index in [2.05, 4.69) is 29.7 Å². The first kappa shape index (κ1) is 15.9. The van der Waals surface area contributed by atoms with Gasteiger partial charge in [-0.25, -0.2) is 15.0 Å². The molecule has 5 rings (SSSR count). The minimum absolute atomic E-state index is 0.705. The van der Waals surface area contributed by atoms with Crippen LogP contribution in [0.2, 0.25) is 0 Å². The van der Waals surface area contributed by atoms with Gasteiger partial charge in [0.1, 0.15) is 18.0 Å². The molecule has 3 aliphatic rings. The third-order valence-corrected chi connectivity index (χ3v) is 6.02. The van der Waals surface area contributed by atoms with Crippen LogP contribution >= 0.6 is 0 Å². The highest BCUT2D eigenvalue weighted by atomic mass is 15.3. The standard InChI is InChI=1S/C19H25N7/c1-2-15-13-26(11-10-24(15)7-1)19-16-3-8-25(18-12-20-5-6-21-18)9-4-17(16)22-14-23-19/h5-6,12,14-15H,1-4,7-11,13H2/t15-/m0/s1. The van der Waals surface area contributed by atoms with E-state index in [-0.39, 0.29) is 0 Å². The molecule has 0 spiro atoms. The van der Waals surface area contributed by atoms with Crippen LogP contribution in [0.4, 0.5) is 11.6 Å². The Hall–Kier alpha value is -2.28. The molecule has 0 amide bonds. The van der Waals surface area contributed by atoms with Gasteiger partial charge < -0.3 is 9.80 Å². The minimum atomic E-state index is 0.705. The van der Waals surface area contributed by atoms with Gasteiger partial charge in [-0.15, -0.1) is 0 Å². The fourth-order valence-corrected chi connectivity index (χ4v) is 4.65. The molecule has 3 aliphatic heterocycles. The molecule has 0 saturated carbocycles. The molecule has 0 bridgehead atoms. The van der Waals surface area contributed by atoms with E-state index >= 15 is 0 Å². The normalized spacial score (nSPS) is 23.5. The van der Waals surface area contributed by atoms with Gasteiger partial charge in [-0.2, -0.15) is 0 Å². The number of hydrogen-bond acceptors (Lipinski definition) is 7. The van der Waals surface area contributed by atoms with Crippen molar-refractivity contribution < 1.29 is 0 Å². The number of nitrogens with zero attached hydrogens (tertiary/aromatic N) is 7. The van der Waals surface area contributed by atoms with Crippen molar-refractivity contribution in [2.45, 2.75) is 31.7 Å². The van der Waals surface area contributed by atoms with Crippen LogP contribution in [0.3, 0.4) is 0 Å². The number of piperazine rings is 1. The van der Waals surface area contributed by atoms with Gasteiger partial charge in [-0.3, -0.25) is 9.88 Å². The zero-order valence-electron chi connectivity index (χ0n) is 15.1. The second kappa shape index (κ2) is 6.79. The van der Waals surface area contributed by atoms with Crippen LogP contribution in [-0.2, 0) is 12.8 Å². The molecule has 0 radical (unpaired) electrons. The van der Waals surface area contributed by atoms with E-state index in [0.717, 1.165) is 51.4 Å². The fourth-order valence-electron chi connectivity index (χ4n) is 4.65. The van der Waals surface area contributed by atoms with E-state index in [1.165, 1.54) is 36.5 Å². The second-order valence-electron chi connectivity index (χ2n) is 7.45. The summed E-state index contributed by atoms with van der Waals surface area (Å²) in [6.45, 7) is 6.49. The van der Waals surface area contributed by atoms with Crippen molar-refractivity contribution in [3.05, 3.63) is 36.2 Å². The Balaban J connectivity index is 1.38. The number of anilines is 2. The van der Waals surface area contributed by atoms with Gasteiger partial charge in [0.2, 0.25) is 0 Å².